The van der Waals surface area contributed by atoms with E-state index >= 15 is 0 Å². The topological polar surface area (TPSA) is 72.3 Å². The van der Waals surface area contributed by atoms with Crippen molar-refractivity contribution in [2.45, 2.75) is 49.2 Å². The Balaban J connectivity index is 1.63. The van der Waals surface area contributed by atoms with E-state index in [0.29, 0.717) is 29.0 Å². The maximum Gasteiger partial charge on any atom is 0.341 e. The average molecular weight is 453 g/mol. The van der Waals surface area contributed by atoms with Crippen LogP contribution in [0.4, 0.5) is 0 Å². The highest BCUT2D eigenvalue weighted by molar-refractivity contribution is 7.98. The number of rotatable bonds is 5. The van der Waals surface area contributed by atoms with Crippen LogP contribution in [-0.2, 0) is 15.3 Å². The first kappa shape index (κ1) is 20.7. The minimum Gasteiger partial charge on any atom is -0.421 e. The maximum atomic E-state index is 13.1. The predicted octanol–water partition coefficient (Wildman–Crippen LogP) is 5.54. The van der Waals surface area contributed by atoms with Crippen LogP contribution in [0.25, 0.3) is 16.6 Å². The fourth-order valence-corrected chi connectivity index (χ4v) is 5.67. The van der Waals surface area contributed by atoms with Crippen molar-refractivity contribution < 1.29 is 14.6 Å². The van der Waals surface area contributed by atoms with Gasteiger partial charge in [0.2, 0.25) is 0 Å². The van der Waals surface area contributed by atoms with Crippen LogP contribution < -0.4 is 0 Å². The van der Waals surface area contributed by atoms with Gasteiger partial charge in [-0.3, -0.25) is 0 Å². The summed E-state index contributed by atoms with van der Waals surface area (Å²) in [6, 6.07) is 13.2. The molecule has 5 rings (SSSR count). The number of thioether (sulfide) groups is 1. The van der Waals surface area contributed by atoms with E-state index in [4.69, 9.17) is 4.74 Å². The normalized spacial score (nSPS) is 22.3. The van der Waals surface area contributed by atoms with Gasteiger partial charge in [-0.25, -0.2) is 4.79 Å². The third-order valence-corrected chi connectivity index (χ3v) is 7.70. The number of hydrogen-bond donors (Lipinski definition) is 1. The van der Waals surface area contributed by atoms with Gasteiger partial charge in [-0.05, 0) is 48.4 Å². The van der Waals surface area contributed by atoms with Crippen molar-refractivity contribution in [3.63, 3.8) is 0 Å². The summed E-state index contributed by atoms with van der Waals surface area (Å²) >= 11 is 2.79. The third kappa shape index (κ3) is 3.79. The summed E-state index contributed by atoms with van der Waals surface area (Å²) in [5.41, 5.74) is 4.02. The predicted molar refractivity (Wildman–Crippen MR) is 124 cm³/mol. The summed E-state index contributed by atoms with van der Waals surface area (Å²) in [6.45, 7) is 0. The van der Waals surface area contributed by atoms with Crippen molar-refractivity contribution in [2.24, 2.45) is 5.92 Å². The van der Waals surface area contributed by atoms with Gasteiger partial charge in [0.15, 0.2) is 0 Å². The Labute approximate surface area is 189 Å². The van der Waals surface area contributed by atoms with E-state index in [0.717, 1.165) is 46.1 Å². The minimum absolute atomic E-state index is 0.440. The zero-order valence-electron chi connectivity index (χ0n) is 17.3. The van der Waals surface area contributed by atoms with Gasteiger partial charge in [0.05, 0.1) is 17.3 Å². The Kier molecular flexibility index (Phi) is 5.58. The first-order valence-electron chi connectivity index (χ1n) is 10.6. The second-order valence-corrected chi connectivity index (χ2v) is 9.70. The van der Waals surface area contributed by atoms with Gasteiger partial charge < -0.3 is 9.84 Å². The molecule has 1 aliphatic carbocycles. The van der Waals surface area contributed by atoms with Crippen LogP contribution in [0, 0.1) is 5.92 Å². The molecule has 2 heterocycles. The van der Waals surface area contributed by atoms with E-state index in [1.165, 1.54) is 19.3 Å². The van der Waals surface area contributed by atoms with E-state index in [2.05, 4.69) is 8.75 Å². The molecule has 160 valence electrons. The molecule has 1 aliphatic heterocycles. The summed E-state index contributed by atoms with van der Waals surface area (Å²) < 4.78 is 14.3. The molecule has 7 heteroatoms. The van der Waals surface area contributed by atoms with E-state index in [1.54, 1.807) is 11.8 Å². The molecule has 1 atom stereocenters. The molecule has 3 aromatic rings. The standard InChI is InChI=1S/C24H24N2O3S2/c1-30-18-10-8-17(9-11-18)24(28)19(13-15-5-3-2-4-6-15)22(23(27)29-24)16-7-12-20-21(14-16)26-31-25-20/h7-12,14-15,28H,2-6,13H2,1H3. The number of benzene rings is 2. The van der Waals surface area contributed by atoms with Crippen LogP contribution in [0.2, 0.25) is 0 Å². The van der Waals surface area contributed by atoms with Crippen molar-refractivity contribution in [3.05, 3.63) is 59.2 Å². The van der Waals surface area contributed by atoms with Crippen molar-refractivity contribution >= 4 is 46.1 Å². The van der Waals surface area contributed by atoms with Crippen LogP contribution in [0.5, 0.6) is 0 Å². The minimum atomic E-state index is -1.74. The zero-order valence-corrected chi connectivity index (χ0v) is 19.0. The van der Waals surface area contributed by atoms with Gasteiger partial charge in [-0.15, -0.1) is 11.8 Å². The first-order valence-corrected chi connectivity index (χ1v) is 12.6. The lowest BCUT2D eigenvalue weighted by Crippen LogP contribution is -2.30. The highest BCUT2D eigenvalue weighted by Gasteiger charge is 2.48. The molecular formula is C24H24N2O3S2. The van der Waals surface area contributed by atoms with Crippen LogP contribution in [0.15, 0.2) is 52.9 Å². The lowest BCUT2D eigenvalue weighted by atomic mass is 9.80. The Hall–Kier alpha value is -2.22. The number of fused-ring (bicyclic) bond motifs is 1. The van der Waals surface area contributed by atoms with E-state index in [9.17, 15) is 9.90 Å². The fourth-order valence-electron chi connectivity index (χ4n) is 4.74. The fraction of sp³-hybridized carbons (Fsp3) is 0.375. The van der Waals surface area contributed by atoms with Crippen molar-refractivity contribution in [2.75, 3.05) is 6.26 Å². The van der Waals surface area contributed by atoms with Crippen molar-refractivity contribution in [1.29, 1.82) is 0 Å². The van der Waals surface area contributed by atoms with Crippen molar-refractivity contribution in [1.82, 2.24) is 8.75 Å². The van der Waals surface area contributed by atoms with E-state index < -0.39 is 11.8 Å². The number of aromatic nitrogens is 2. The number of cyclic esters (lactones) is 1. The van der Waals surface area contributed by atoms with E-state index in [-0.39, 0.29) is 0 Å². The number of nitrogens with zero attached hydrogens (tertiary/aromatic N) is 2. The molecule has 1 unspecified atom stereocenters. The molecule has 2 aliphatic rings. The number of aliphatic hydroxyl groups is 1. The smallest absolute Gasteiger partial charge is 0.341 e. The molecule has 0 radical (unpaired) electrons. The summed E-state index contributed by atoms with van der Waals surface area (Å²) in [5.74, 6) is -1.78. The Morgan fingerprint density at radius 3 is 2.58 bits per heavy atom. The quantitative estimate of drug-likeness (QED) is 0.405. The summed E-state index contributed by atoms with van der Waals surface area (Å²) in [5, 5.41) is 11.8. The number of hydrogen-bond acceptors (Lipinski definition) is 7. The first-order chi connectivity index (χ1) is 15.1. The SMILES string of the molecule is CSc1ccc(C2(O)OC(=O)C(c3ccc4nsnc4c3)=C2CC2CCCCC2)cc1. The lowest BCUT2D eigenvalue weighted by molar-refractivity contribution is -0.185. The second kappa shape index (κ2) is 8.37. The molecule has 0 amide bonds. The molecule has 1 fully saturated rings. The molecular weight excluding hydrogens is 428 g/mol. The Morgan fingerprint density at radius 1 is 1.10 bits per heavy atom. The molecule has 31 heavy (non-hydrogen) atoms. The molecule has 1 aromatic heterocycles. The highest BCUT2D eigenvalue weighted by atomic mass is 32.2. The Bertz CT molecular complexity index is 1150. The van der Waals surface area contributed by atoms with Crippen LogP contribution >= 0.6 is 23.5 Å². The number of carbonyl (C=O) groups excluding carboxylic acids is 1. The number of carbonyl (C=O) groups is 1. The molecule has 0 saturated heterocycles. The molecule has 2 aromatic carbocycles. The van der Waals surface area contributed by atoms with E-state index in [1.807, 2.05) is 48.7 Å². The molecule has 1 saturated carbocycles. The van der Waals surface area contributed by atoms with Gasteiger partial charge in [-0.2, -0.15) is 8.75 Å². The van der Waals surface area contributed by atoms with Gasteiger partial charge in [0.25, 0.3) is 5.79 Å². The van der Waals surface area contributed by atoms with Crippen LogP contribution in [0.3, 0.4) is 0 Å². The number of esters is 1. The Morgan fingerprint density at radius 2 is 1.84 bits per heavy atom. The van der Waals surface area contributed by atoms with Crippen LogP contribution in [0.1, 0.15) is 49.7 Å². The van der Waals surface area contributed by atoms with Crippen molar-refractivity contribution in [3.8, 4) is 0 Å². The zero-order chi connectivity index (χ0) is 21.4. The van der Waals surface area contributed by atoms with Gasteiger partial charge >= 0.3 is 5.97 Å². The largest absolute Gasteiger partial charge is 0.421 e. The average Bonchev–Trinajstić information content (AvgIpc) is 3.36. The summed E-state index contributed by atoms with van der Waals surface area (Å²) in [6.07, 6.45) is 8.53. The monoisotopic (exact) mass is 452 g/mol. The molecule has 0 bridgehead atoms. The number of ether oxygens (including phenoxy) is 1. The maximum absolute atomic E-state index is 13.1. The molecule has 0 spiro atoms. The van der Waals surface area contributed by atoms with Gasteiger partial charge in [0.1, 0.15) is 11.0 Å². The second-order valence-electron chi connectivity index (χ2n) is 8.29. The lowest BCUT2D eigenvalue weighted by Gasteiger charge is -2.29. The summed E-state index contributed by atoms with van der Waals surface area (Å²) in [7, 11) is 0. The third-order valence-electron chi connectivity index (χ3n) is 6.40. The highest BCUT2D eigenvalue weighted by Crippen LogP contribution is 2.47. The molecule has 1 N–H and O–H groups in total. The van der Waals surface area contributed by atoms with Gasteiger partial charge in [0, 0.05) is 16.0 Å². The molecule has 5 nitrogen and oxygen atoms in total. The summed E-state index contributed by atoms with van der Waals surface area (Å²) in [4.78, 5) is 14.2. The van der Waals surface area contributed by atoms with Gasteiger partial charge in [-0.1, -0.05) is 50.3 Å². The van der Waals surface area contributed by atoms with Crippen LogP contribution in [-0.4, -0.2) is 26.1 Å².